The Morgan fingerprint density at radius 2 is 1.96 bits per heavy atom. The van der Waals surface area contributed by atoms with Crippen molar-refractivity contribution in [2.45, 2.75) is 19.5 Å². The number of aromatic hydroxyl groups is 1. The number of aromatic amines is 1. The Hall–Kier alpha value is -2.63. The molecule has 2 N–H and O–H groups in total. The molecule has 0 radical (unpaired) electrons. The molecule has 0 spiro atoms. The maximum Gasteiger partial charge on any atom is 0.254 e. The fourth-order valence-electron chi connectivity index (χ4n) is 3.29. The third kappa shape index (κ3) is 3.23. The summed E-state index contributed by atoms with van der Waals surface area (Å²) in [6, 6.07) is 15.0. The molecule has 0 saturated heterocycles. The first-order valence-corrected chi connectivity index (χ1v) is 8.86. The topological polar surface area (TPSA) is 69.2 Å². The SMILES string of the molecule is O=c1[nH]c(-c2ccccc2)nc2c1CCN(Cc1cccc(Cl)c1O)C2. The number of phenols is 1. The van der Waals surface area contributed by atoms with Gasteiger partial charge in [0.1, 0.15) is 11.6 Å². The van der Waals surface area contributed by atoms with E-state index in [-0.39, 0.29) is 11.3 Å². The molecule has 0 amide bonds. The van der Waals surface area contributed by atoms with Crippen LogP contribution in [-0.4, -0.2) is 26.5 Å². The van der Waals surface area contributed by atoms with E-state index in [0.717, 1.165) is 28.9 Å². The number of nitrogens with one attached hydrogen (secondary N) is 1. The molecule has 6 heteroatoms. The van der Waals surface area contributed by atoms with Crippen molar-refractivity contribution in [2.75, 3.05) is 6.54 Å². The van der Waals surface area contributed by atoms with Crippen LogP contribution >= 0.6 is 11.6 Å². The zero-order valence-electron chi connectivity index (χ0n) is 14.1. The van der Waals surface area contributed by atoms with Gasteiger partial charge in [0.2, 0.25) is 0 Å². The van der Waals surface area contributed by atoms with Crippen molar-refractivity contribution < 1.29 is 5.11 Å². The van der Waals surface area contributed by atoms with Gasteiger partial charge in [0, 0.05) is 36.3 Å². The van der Waals surface area contributed by atoms with Gasteiger partial charge in [0.15, 0.2) is 0 Å². The predicted octanol–water partition coefficient (Wildman–Crippen LogP) is 3.35. The lowest BCUT2D eigenvalue weighted by atomic mass is 10.0. The van der Waals surface area contributed by atoms with Gasteiger partial charge in [-0.05, 0) is 12.5 Å². The van der Waals surface area contributed by atoms with Gasteiger partial charge in [0.05, 0.1) is 10.7 Å². The highest BCUT2D eigenvalue weighted by molar-refractivity contribution is 6.32. The molecule has 0 bridgehead atoms. The van der Waals surface area contributed by atoms with Crippen molar-refractivity contribution in [1.29, 1.82) is 0 Å². The van der Waals surface area contributed by atoms with E-state index in [0.29, 0.717) is 30.4 Å². The lowest BCUT2D eigenvalue weighted by Gasteiger charge is -2.28. The zero-order valence-corrected chi connectivity index (χ0v) is 14.8. The molecule has 26 heavy (non-hydrogen) atoms. The molecule has 0 unspecified atom stereocenters. The second-order valence-electron chi connectivity index (χ2n) is 6.41. The van der Waals surface area contributed by atoms with Gasteiger partial charge in [0.25, 0.3) is 5.56 Å². The van der Waals surface area contributed by atoms with Crippen molar-refractivity contribution >= 4 is 11.6 Å². The van der Waals surface area contributed by atoms with E-state index in [4.69, 9.17) is 16.6 Å². The molecular weight excluding hydrogens is 350 g/mol. The predicted molar refractivity (Wildman–Crippen MR) is 101 cm³/mol. The summed E-state index contributed by atoms with van der Waals surface area (Å²) in [7, 11) is 0. The van der Waals surface area contributed by atoms with Gasteiger partial charge in [-0.15, -0.1) is 0 Å². The summed E-state index contributed by atoms with van der Waals surface area (Å²) in [5, 5.41) is 10.5. The minimum atomic E-state index is -0.0703. The lowest BCUT2D eigenvalue weighted by Crippen LogP contribution is -2.35. The maximum atomic E-state index is 12.5. The van der Waals surface area contributed by atoms with Crippen LogP contribution < -0.4 is 5.56 Å². The van der Waals surface area contributed by atoms with Gasteiger partial charge in [-0.1, -0.05) is 54.1 Å². The number of nitrogens with zero attached hydrogens (tertiary/aromatic N) is 2. The number of halogens is 1. The Bertz CT molecular complexity index is 1000. The average molecular weight is 368 g/mol. The standard InChI is InChI=1S/C20H18ClN3O2/c21-16-8-4-7-14(18(16)25)11-24-10-9-15-17(12-24)22-19(23-20(15)26)13-5-2-1-3-6-13/h1-8,25H,9-12H2,(H,22,23,26). The highest BCUT2D eigenvalue weighted by Gasteiger charge is 2.22. The van der Waals surface area contributed by atoms with E-state index in [1.807, 2.05) is 42.5 Å². The molecule has 5 nitrogen and oxygen atoms in total. The second kappa shape index (κ2) is 6.94. The Morgan fingerprint density at radius 1 is 1.15 bits per heavy atom. The van der Waals surface area contributed by atoms with E-state index in [1.54, 1.807) is 6.07 Å². The van der Waals surface area contributed by atoms with Gasteiger partial charge in [-0.3, -0.25) is 9.69 Å². The molecule has 0 fully saturated rings. The van der Waals surface area contributed by atoms with Crippen LogP contribution in [-0.2, 0) is 19.5 Å². The third-order valence-electron chi connectivity index (χ3n) is 4.66. The van der Waals surface area contributed by atoms with Crippen LogP contribution in [0.25, 0.3) is 11.4 Å². The first-order valence-electron chi connectivity index (χ1n) is 8.48. The first-order chi connectivity index (χ1) is 12.6. The molecule has 1 aliphatic rings. The highest BCUT2D eigenvalue weighted by Crippen LogP contribution is 2.29. The second-order valence-corrected chi connectivity index (χ2v) is 6.82. The summed E-state index contributed by atoms with van der Waals surface area (Å²) >= 11 is 6.00. The zero-order chi connectivity index (χ0) is 18.1. The van der Waals surface area contributed by atoms with Gasteiger partial charge in [-0.25, -0.2) is 4.98 Å². The molecule has 0 atom stereocenters. The summed E-state index contributed by atoms with van der Waals surface area (Å²) in [5.74, 6) is 0.700. The number of aromatic nitrogens is 2. The van der Waals surface area contributed by atoms with E-state index in [9.17, 15) is 9.90 Å². The monoisotopic (exact) mass is 367 g/mol. The summed E-state index contributed by atoms with van der Waals surface area (Å²) in [6.45, 7) is 1.85. The average Bonchev–Trinajstić information content (AvgIpc) is 2.66. The van der Waals surface area contributed by atoms with Crippen molar-refractivity contribution in [3.8, 4) is 17.1 Å². The molecular formula is C20H18ClN3O2. The fourth-order valence-corrected chi connectivity index (χ4v) is 3.48. The van der Waals surface area contributed by atoms with Crippen molar-refractivity contribution in [1.82, 2.24) is 14.9 Å². The van der Waals surface area contributed by atoms with Gasteiger partial charge < -0.3 is 10.1 Å². The Balaban J connectivity index is 1.63. The minimum absolute atomic E-state index is 0.0703. The summed E-state index contributed by atoms with van der Waals surface area (Å²) in [5.41, 5.74) is 3.13. The fraction of sp³-hybridized carbons (Fsp3) is 0.200. The Kier molecular flexibility index (Phi) is 4.49. The van der Waals surface area contributed by atoms with Crippen LogP contribution in [0.5, 0.6) is 5.75 Å². The molecule has 0 aliphatic carbocycles. The Morgan fingerprint density at radius 3 is 2.77 bits per heavy atom. The summed E-state index contributed by atoms with van der Waals surface area (Å²) in [4.78, 5) is 22.2. The number of hydrogen-bond acceptors (Lipinski definition) is 4. The minimum Gasteiger partial charge on any atom is -0.506 e. The third-order valence-corrected chi connectivity index (χ3v) is 4.97. The number of benzene rings is 2. The lowest BCUT2D eigenvalue weighted by molar-refractivity contribution is 0.237. The quantitative estimate of drug-likeness (QED) is 0.744. The van der Waals surface area contributed by atoms with Gasteiger partial charge in [-0.2, -0.15) is 0 Å². The normalized spacial score (nSPS) is 14.2. The summed E-state index contributed by atoms with van der Waals surface area (Å²) in [6.07, 6.45) is 0.633. The van der Waals surface area contributed by atoms with Crippen LogP contribution in [0.3, 0.4) is 0 Å². The van der Waals surface area contributed by atoms with E-state index >= 15 is 0 Å². The molecule has 1 aromatic heterocycles. The summed E-state index contributed by atoms with van der Waals surface area (Å²) < 4.78 is 0. The molecule has 2 heterocycles. The van der Waals surface area contributed by atoms with Crippen molar-refractivity contribution in [2.24, 2.45) is 0 Å². The van der Waals surface area contributed by atoms with Crippen LogP contribution in [0.4, 0.5) is 0 Å². The van der Waals surface area contributed by atoms with Crippen molar-refractivity contribution in [3.63, 3.8) is 0 Å². The van der Waals surface area contributed by atoms with E-state index in [2.05, 4.69) is 9.88 Å². The number of fused-ring (bicyclic) bond motifs is 1. The molecule has 0 saturated carbocycles. The Labute approximate surface area is 155 Å². The van der Waals surface area contributed by atoms with Crippen LogP contribution in [0.15, 0.2) is 53.3 Å². The van der Waals surface area contributed by atoms with Crippen LogP contribution in [0.2, 0.25) is 5.02 Å². The largest absolute Gasteiger partial charge is 0.506 e. The van der Waals surface area contributed by atoms with Crippen molar-refractivity contribution in [3.05, 3.63) is 80.7 Å². The van der Waals surface area contributed by atoms with Crippen LogP contribution in [0, 0.1) is 0 Å². The van der Waals surface area contributed by atoms with E-state index < -0.39 is 0 Å². The molecule has 1 aliphatic heterocycles. The number of para-hydroxylation sites is 1. The first kappa shape index (κ1) is 16.8. The van der Waals surface area contributed by atoms with E-state index in [1.165, 1.54) is 0 Å². The number of phenolic OH excluding ortho intramolecular Hbond substituents is 1. The molecule has 132 valence electrons. The van der Waals surface area contributed by atoms with Crippen LogP contribution in [0.1, 0.15) is 16.8 Å². The smallest absolute Gasteiger partial charge is 0.254 e. The number of hydrogen-bond donors (Lipinski definition) is 2. The number of rotatable bonds is 3. The molecule has 3 aromatic rings. The van der Waals surface area contributed by atoms with Gasteiger partial charge >= 0.3 is 0 Å². The highest BCUT2D eigenvalue weighted by atomic mass is 35.5. The molecule has 4 rings (SSSR count). The molecule has 2 aromatic carbocycles. The maximum absolute atomic E-state index is 12.5. The number of H-pyrrole nitrogens is 1.